The zero-order valence-electron chi connectivity index (χ0n) is 13.5. The van der Waals surface area contributed by atoms with Gasteiger partial charge in [-0.25, -0.2) is 0 Å². The fourth-order valence-corrected chi connectivity index (χ4v) is 5.97. The molecule has 0 bridgehead atoms. The first-order chi connectivity index (χ1) is 11.7. The third-order valence-electron chi connectivity index (χ3n) is 2.81. The van der Waals surface area contributed by atoms with E-state index in [1.54, 1.807) is 28.7 Å². The predicted octanol–water partition coefficient (Wildman–Crippen LogP) is 4.82. The molecule has 1 aromatic carbocycles. The molecule has 130 valence electrons. The summed E-state index contributed by atoms with van der Waals surface area (Å²) in [5.74, 6) is 1.96. The van der Waals surface area contributed by atoms with Gasteiger partial charge in [-0.15, -0.1) is 10.2 Å². The Labute approximate surface area is 158 Å². The van der Waals surface area contributed by atoms with E-state index in [4.69, 9.17) is 4.74 Å². The van der Waals surface area contributed by atoms with Crippen LogP contribution in [-0.4, -0.2) is 34.7 Å². The van der Waals surface area contributed by atoms with Crippen molar-refractivity contribution in [2.24, 2.45) is 0 Å². The minimum absolute atomic E-state index is 0.0915. The minimum atomic E-state index is -0.0915. The summed E-state index contributed by atoms with van der Waals surface area (Å²) in [4.78, 5) is 12.1. The second kappa shape index (κ2) is 10.9. The van der Waals surface area contributed by atoms with Crippen molar-refractivity contribution in [1.82, 2.24) is 10.2 Å². The summed E-state index contributed by atoms with van der Waals surface area (Å²) in [5, 5.41) is 11.1. The number of hydrogen-bond donors (Lipinski definition) is 1. The average molecular weight is 402 g/mol. The number of amides is 1. The number of methoxy groups -OCH3 is 1. The van der Waals surface area contributed by atoms with Crippen LogP contribution >= 0.6 is 44.7 Å². The van der Waals surface area contributed by atoms with E-state index in [0.29, 0.717) is 17.2 Å². The second-order valence-electron chi connectivity index (χ2n) is 4.63. The molecule has 2 aromatic rings. The topological polar surface area (TPSA) is 64.1 Å². The number of carbonyl (C=O) groups is 1. The maximum absolute atomic E-state index is 12.1. The lowest BCUT2D eigenvalue weighted by Crippen LogP contribution is -2.14. The van der Waals surface area contributed by atoms with Crippen molar-refractivity contribution in [3.63, 3.8) is 0 Å². The summed E-state index contributed by atoms with van der Waals surface area (Å²) in [6, 6.07) is 7.35. The molecule has 0 atom stereocenters. The Morgan fingerprint density at radius 3 is 2.88 bits per heavy atom. The molecule has 0 unspecified atom stereocenters. The van der Waals surface area contributed by atoms with Crippen molar-refractivity contribution in [2.75, 3.05) is 23.9 Å². The molecule has 9 heteroatoms. The van der Waals surface area contributed by atoms with E-state index in [-0.39, 0.29) is 5.91 Å². The average Bonchev–Trinajstić information content (AvgIpc) is 3.05. The number of thioether (sulfide) groups is 1. The molecule has 0 aliphatic carbocycles. The van der Waals surface area contributed by atoms with Crippen LogP contribution in [0.4, 0.5) is 5.69 Å². The molecule has 1 heterocycles. The van der Waals surface area contributed by atoms with Crippen LogP contribution < -0.4 is 10.1 Å². The standard InChI is InChI=1S/C15H19N3O2S4/c1-3-4-9-22-24-15-18-17-14(23-15)21-10-13(19)16-11-7-5-6-8-12(11)20-2/h5-8H,3-4,9-10H2,1-2H3,(H,16,19). The van der Waals surface area contributed by atoms with E-state index in [9.17, 15) is 4.79 Å². The van der Waals surface area contributed by atoms with E-state index >= 15 is 0 Å². The summed E-state index contributed by atoms with van der Waals surface area (Å²) >= 11 is 2.92. The normalized spacial score (nSPS) is 10.6. The highest BCUT2D eigenvalue weighted by atomic mass is 33.1. The van der Waals surface area contributed by atoms with Crippen molar-refractivity contribution in [3.05, 3.63) is 24.3 Å². The van der Waals surface area contributed by atoms with Gasteiger partial charge in [-0.05, 0) is 29.3 Å². The van der Waals surface area contributed by atoms with E-state index in [1.165, 1.54) is 35.9 Å². The molecule has 2 rings (SSSR count). The van der Waals surface area contributed by atoms with Crippen molar-refractivity contribution < 1.29 is 9.53 Å². The predicted molar refractivity (Wildman–Crippen MR) is 105 cm³/mol. The number of aromatic nitrogens is 2. The Bertz CT molecular complexity index is 651. The SMILES string of the molecule is CCCCSSc1nnc(SCC(=O)Nc2ccccc2OC)s1. The number of hydrogen-bond acceptors (Lipinski definition) is 8. The molecule has 0 spiro atoms. The molecular formula is C15H19N3O2S4. The highest BCUT2D eigenvalue weighted by molar-refractivity contribution is 8.77. The van der Waals surface area contributed by atoms with Gasteiger partial charge in [-0.1, -0.05) is 59.4 Å². The van der Waals surface area contributed by atoms with E-state index < -0.39 is 0 Å². The molecule has 1 amide bonds. The Balaban J connectivity index is 1.76. The molecule has 0 aliphatic heterocycles. The third-order valence-corrected chi connectivity index (χ3v) is 7.60. The molecule has 24 heavy (non-hydrogen) atoms. The van der Waals surface area contributed by atoms with Gasteiger partial charge in [0.2, 0.25) is 5.91 Å². The van der Waals surface area contributed by atoms with E-state index in [1.807, 2.05) is 24.3 Å². The Morgan fingerprint density at radius 1 is 1.29 bits per heavy atom. The molecule has 0 saturated heterocycles. The highest BCUT2D eigenvalue weighted by Crippen LogP contribution is 2.36. The number of ether oxygens (including phenoxy) is 1. The zero-order chi connectivity index (χ0) is 17.2. The van der Waals surface area contributed by atoms with Crippen LogP contribution in [0, 0.1) is 0 Å². The maximum Gasteiger partial charge on any atom is 0.234 e. The first-order valence-electron chi connectivity index (χ1n) is 7.41. The molecule has 0 saturated carbocycles. The first-order valence-corrected chi connectivity index (χ1v) is 11.5. The lowest BCUT2D eigenvalue weighted by Gasteiger charge is -2.08. The van der Waals surface area contributed by atoms with E-state index in [2.05, 4.69) is 22.4 Å². The van der Waals surface area contributed by atoms with Crippen LogP contribution in [0.15, 0.2) is 32.9 Å². The van der Waals surface area contributed by atoms with Gasteiger partial charge >= 0.3 is 0 Å². The molecule has 0 radical (unpaired) electrons. The summed E-state index contributed by atoms with van der Waals surface area (Å²) in [6.45, 7) is 2.18. The number of benzene rings is 1. The lowest BCUT2D eigenvalue weighted by molar-refractivity contribution is -0.113. The van der Waals surface area contributed by atoms with Crippen molar-refractivity contribution in [2.45, 2.75) is 28.4 Å². The molecule has 1 N–H and O–H groups in total. The third kappa shape index (κ3) is 6.54. The lowest BCUT2D eigenvalue weighted by atomic mass is 10.3. The minimum Gasteiger partial charge on any atom is -0.495 e. The summed E-state index contributed by atoms with van der Waals surface area (Å²) in [6.07, 6.45) is 2.41. The second-order valence-corrected chi connectivity index (χ2v) is 9.49. The van der Waals surface area contributed by atoms with E-state index in [0.717, 1.165) is 14.4 Å². The van der Waals surface area contributed by atoms with Crippen LogP contribution in [-0.2, 0) is 4.79 Å². The molecule has 0 aliphatic rings. The van der Waals surface area contributed by atoms with Crippen LogP contribution in [0.2, 0.25) is 0 Å². The fourth-order valence-electron chi connectivity index (χ4n) is 1.65. The summed E-state index contributed by atoms with van der Waals surface area (Å²) in [5.41, 5.74) is 0.673. The number of anilines is 1. The number of rotatable bonds is 10. The van der Waals surface area contributed by atoms with Gasteiger partial charge in [0, 0.05) is 5.75 Å². The highest BCUT2D eigenvalue weighted by Gasteiger charge is 2.10. The Kier molecular flexibility index (Phi) is 8.79. The molecule has 1 aromatic heterocycles. The molecular weight excluding hydrogens is 382 g/mol. The number of unbranched alkanes of at least 4 members (excludes halogenated alkanes) is 1. The molecule has 5 nitrogen and oxygen atoms in total. The van der Waals surface area contributed by atoms with Gasteiger partial charge in [0.05, 0.1) is 18.6 Å². The van der Waals surface area contributed by atoms with Gasteiger partial charge in [0.1, 0.15) is 5.75 Å². The van der Waals surface area contributed by atoms with Crippen LogP contribution in [0.5, 0.6) is 5.75 Å². The van der Waals surface area contributed by atoms with Gasteiger partial charge in [0.25, 0.3) is 0 Å². The zero-order valence-corrected chi connectivity index (χ0v) is 16.7. The van der Waals surface area contributed by atoms with Crippen LogP contribution in [0.25, 0.3) is 0 Å². The van der Waals surface area contributed by atoms with Gasteiger partial charge in [-0.3, -0.25) is 4.79 Å². The Morgan fingerprint density at radius 2 is 2.08 bits per heavy atom. The summed E-state index contributed by atoms with van der Waals surface area (Å²) < 4.78 is 6.96. The quantitative estimate of drug-likeness (QED) is 0.348. The number of nitrogens with zero attached hydrogens (tertiary/aromatic N) is 2. The Hall–Kier alpha value is -0.900. The fraction of sp³-hybridized carbons (Fsp3) is 0.400. The van der Waals surface area contributed by atoms with Crippen LogP contribution in [0.1, 0.15) is 19.8 Å². The number of nitrogens with one attached hydrogen (secondary N) is 1. The van der Waals surface area contributed by atoms with Crippen molar-refractivity contribution in [3.8, 4) is 5.75 Å². The number of carbonyl (C=O) groups excluding carboxylic acids is 1. The first kappa shape index (κ1) is 19.4. The van der Waals surface area contributed by atoms with Crippen LogP contribution in [0.3, 0.4) is 0 Å². The monoisotopic (exact) mass is 401 g/mol. The molecule has 0 fully saturated rings. The summed E-state index contributed by atoms with van der Waals surface area (Å²) in [7, 11) is 5.03. The number of para-hydroxylation sites is 2. The smallest absolute Gasteiger partial charge is 0.234 e. The van der Waals surface area contributed by atoms with Gasteiger partial charge in [0.15, 0.2) is 8.68 Å². The van der Waals surface area contributed by atoms with Crippen molar-refractivity contribution in [1.29, 1.82) is 0 Å². The van der Waals surface area contributed by atoms with Crippen molar-refractivity contribution >= 4 is 56.3 Å². The maximum atomic E-state index is 12.1. The van der Waals surface area contributed by atoms with Gasteiger partial charge in [-0.2, -0.15) is 0 Å². The van der Waals surface area contributed by atoms with Gasteiger partial charge < -0.3 is 10.1 Å². The largest absolute Gasteiger partial charge is 0.495 e.